The Morgan fingerprint density at radius 2 is 1.73 bits per heavy atom. The van der Waals surface area contributed by atoms with E-state index in [1.807, 2.05) is 42.3 Å². The Morgan fingerprint density at radius 1 is 1.00 bits per heavy atom. The minimum absolute atomic E-state index is 0.0916. The Hall–Kier alpha value is -3.47. The van der Waals surface area contributed by atoms with Crippen molar-refractivity contribution in [2.24, 2.45) is 5.92 Å². The van der Waals surface area contributed by atoms with Crippen LogP contribution in [0.4, 0.5) is 11.4 Å². The number of fused-ring (bicyclic) bond motifs is 3. The number of carbonyl (C=O) groups is 1. The Morgan fingerprint density at radius 3 is 2.45 bits per heavy atom. The fourth-order valence-corrected chi connectivity index (χ4v) is 5.28. The topological polar surface area (TPSA) is 36.0 Å². The van der Waals surface area contributed by atoms with Crippen LogP contribution in [0.15, 0.2) is 78.9 Å². The standard InChI is InChI=1S/C28H31N3O2/c1-29(19-21-9-5-3-6-10-21)28(32)25-17-22-13-14-24(33-2)18-26(22)31-16-15-30(20-27(25)31)23-11-7-4-8-12-23/h3-14,18,25,27H,15-17,19-20H2,1-2H3. The van der Waals surface area contributed by atoms with Crippen LogP contribution in [0.2, 0.25) is 0 Å². The van der Waals surface area contributed by atoms with Gasteiger partial charge in [0.05, 0.1) is 19.1 Å². The molecule has 5 nitrogen and oxygen atoms in total. The summed E-state index contributed by atoms with van der Waals surface area (Å²) in [5.74, 6) is 0.986. The van der Waals surface area contributed by atoms with Gasteiger partial charge in [0.2, 0.25) is 5.91 Å². The van der Waals surface area contributed by atoms with Gasteiger partial charge in [-0.2, -0.15) is 0 Å². The van der Waals surface area contributed by atoms with Gasteiger partial charge in [-0.05, 0) is 35.7 Å². The van der Waals surface area contributed by atoms with Gasteiger partial charge in [-0.1, -0.05) is 54.6 Å². The van der Waals surface area contributed by atoms with E-state index in [0.717, 1.165) is 37.4 Å². The van der Waals surface area contributed by atoms with E-state index in [0.29, 0.717) is 6.54 Å². The smallest absolute Gasteiger partial charge is 0.228 e. The third-order valence-electron chi connectivity index (χ3n) is 7.00. The highest BCUT2D eigenvalue weighted by molar-refractivity contribution is 5.82. The number of hydrogen-bond donors (Lipinski definition) is 0. The maximum absolute atomic E-state index is 13.8. The first-order valence-corrected chi connectivity index (χ1v) is 11.7. The average Bonchev–Trinajstić information content (AvgIpc) is 2.88. The van der Waals surface area contributed by atoms with Gasteiger partial charge in [0.25, 0.3) is 0 Å². The van der Waals surface area contributed by atoms with E-state index in [-0.39, 0.29) is 17.9 Å². The number of amides is 1. The van der Waals surface area contributed by atoms with E-state index in [1.54, 1.807) is 7.11 Å². The Bertz CT molecular complexity index is 1100. The van der Waals surface area contributed by atoms with Crippen molar-refractivity contribution in [2.45, 2.75) is 19.0 Å². The van der Waals surface area contributed by atoms with Crippen LogP contribution in [-0.2, 0) is 17.8 Å². The number of hydrogen-bond acceptors (Lipinski definition) is 4. The fraction of sp³-hybridized carbons (Fsp3) is 0.321. The maximum Gasteiger partial charge on any atom is 0.228 e. The molecule has 0 spiro atoms. The van der Waals surface area contributed by atoms with E-state index < -0.39 is 0 Å². The quantitative estimate of drug-likeness (QED) is 0.594. The summed E-state index contributed by atoms with van der Waals surface area (Å²) in [6, 6.07) is 27.1. The summed E-state index contributed by atoms with van der Waals surface area (Å²) in [4.78, 5) is 20.6. The lowest BCUT2D eigenvalue weighted by Gasteiger charge is -2.50. The number of carbonyl (C=O) groups excluding carboxylic acids is 1. The molecule has 5 rings (SSSR count). The number of anilines is 2. The molecule has 5 heteroatoms. The largest absolute Gasteiger partial charge is 0.497 e. The van der Waals surface area contributed by atoms with Gasteiger partial charge < -0.3 is 19.4 Å². The van der Waals surface area contributed by atoms with Gasteiger partial charge in [-0.15, -0.1) is 0 Å². The number of benzene rings is 3. The predicted molar refractivity (Wildman–Crippen MR) is 133 cm³/mol. The molecular weight excluding hydrogens is 410 g/mol. The summed E-state index contributed by atoms with van der Waals surface area (Å²) in [5, 5.41) is 0. The number of nitrogens with zero attached hydrogens (tertiary/aromatic N) is 3. The molecule has 2 heterocycles. The summed E-state index contributed by atoms with van der Waals surface area (Å²) in [7, 11) is 3.64. The molecule has 2 unspecified atom stereocenters. The lowest BCUT2D eigenvalue weighted by molar-refractivity contribution is -0.135. The molecule has 0 N–H and O–H groups in total. The molecule has 2 atom stereocenters. The SMILES string of the molecule is COc1ccc2c(c1)N1CCN(c3ccccc3)CC1C(C(=O)N(C)Cc1ccccc1)C2. The van der Waals surface area contributed by atoms with Crippen LogP contribution in [0.25, 0.3) is 0 Å². The molecule has 170 valence electrons. The van der Waals surface area contributed by atoms with Crippen molar-refractivity contribution in [2.75, 3.05) is 43.6 Å². The van der Waals surface area contributed by atoms with Crippen LogP contribution in [0.5, 0.6) is 5.75 Å². The molecule has 0 radical (unpaired) electrons. The van der Waals surface area contributed by atoms with E-state index in [9.17, 15) is 4.79 Å². The number of piperazine rings is 1. The second kappa shape index (κ2) is 9.18. The summed E-state index contributed by atoms with van der Waals surface area (Å²) < 4.78 is 5.52. The van der Waals surface area contributed by atoms with Crippen molar-refractivity contribution < 1.29 is 9.53 Å². The lowest BCUT2D eigenvalue weighted by Crippen LogP contribution is -2.61. The first-order chi connectivity index (χ1) is 16.1. The molecule has 2 aliphatic heterocycles. The molecule has 0 aromatic heterocycles. The van der Waals surface area contributed by atoms with Crippen LogP contribution in [-0.4, -0.2) is 50.6 Å². The van der Waals surface area contributed by atoms with Crippen molar-refractivity contribution in [1.82, 2.24) is 4.90 Å². The molecule has 0 bridgehead atoms. The average molecular weight is 442 g/mol. The van der Waals surface area contributed by atoms with Crippen LogP contribution in [0.1, 0.15) is 11.1 Å². The molecule has 3 aromatic carbocycles. The molecule has 3 aromatic rings. The predicted octanol–water partition coefficient (Wildman–Crippen LogP) is 4.22. The second-order valence-corrected chi connectivity index (χ2v) is 9.03. The van der Waals surface area contributed by atoms with E-state index in [1.165, 1.54) is 16.9 Å². The van der Waals surface area contributed by atoms with Crippen molar-refractivity contribution in [3.8, 4) is 5.75 Å². The van der Waals surface area contributed by atoms with Gasteiger partial charge >= 0.3 is 0 Å². The molecule has 1 amide bonds. The minimum Gasteiger partial charge on any atom is -0.497 e. The zero-order valence-electron chi connectivity index (χ0n) is 19.4. The molecule has 33 heavy (non-hydrogen) atoms. The zero-order chi connectivity index (χ0) is 22.8. The van der Waals surface area contributed by atoms with Gasteiger partial charge in [0.1, 0.15) is 5.75 Å². The first-order valence-electron chi connectivity index (χ1n) is 11.7. The highest BCUT2D eigenvalue weighted by atomic mass is 16.5. The highest BCUT2D eigenvalue weighted by Gasteiger charge is 2.42. The highest BCUT2D eigenvalue weighted by Crippen LogP contribution is 2.39. The van der Waals surface area contributed by atoms with Gasteiger partial charge in [-0.25, -0.2) is 0 Å². The van der Waals surface area contributed by atoms with Crippen LogP contribution >= 0.6 is 0 Å². The number of methoxy groups -OCH3 is 1. The van der Waals surface area contributed by atoms with E-state index in [4.69, 9.17) is 4.74 Å². The number of para-hydroxylation sites is 1. The molecule has 0 aliphatic carbocycles. The second-order valence-electron chi connectivity index (χ2n) is 9.03. The number of rotatable bonds is 5. The molecule has 1 fully saturated rings. The minimum atomic E-state index is -0.0916. The lowest BCUT2D eigenvalue weighted by atomic mass is 9.82. The van der Waals surface area contributed by atoms with Crippen LogP contribution in [0, 0.1) is 5.92 Å². The normalized spacial score (nSPS) is 19.5. The van der Waals surface area contributed by atoms with E-state index in [2.05, 4.69) is 58.3 Å². The van der Waals surface area contributed by atoms with Gasteiger partial charge in [-0.3, -0.25) is 4.79 Å². The molecule has 1 saturated heterocycles. The third-order valence-corrected chi connectivity index (χ3v) is 7.00. The molecule has 2 aliphatic rings. The monoisotopic (exact) mass is 441 g/mol. The summed E-state index contributed by atoms with van der Waals surface area (Å²) in [5.41, 5.74) is 4.81. The molecule has 0 saturated carbocycles. The summed E-state index contributed by atoms with van der Waals surface area (Å²) >= 11 is 0. The van der Waals surface area contributed by atoms with Gasteiger partial charge in [0, 0.05) is 50.7 Å². The summed E-state index contributed by atoms with van der Waals surface area (Å²) in [6.45, 7) is 3.26. The van der Waals surface area contributed by atoms with Crippen LogP contribution in [0.3, 0.4) is 0 Å². The van der Waals surface area contributed by atoms with Crippen molar-refractivity contribution >= 4 is 17.3 Å². The van der Waals surface area contributed by atoms with Gasteiger partial charge in [0.15, 0.2) is 0 Å². The number of ether oxygens (including phenoxy) is 1. The van der Waals surface area contributed by atoms with Crippen molar-refractivity contribution in [1.29, 1.82) is 0 Å². The Balaban J connectivity index is 1.45. The first kappa shape index (κ1) is 21.4. The van der Waals surface area contributed by atoms with Crippen molar-refractivity contribution in [3.63, 3.8) is 0 Å². The Labute approximate surface area is 196 Å². The third kappa shape index (κ3) is 4.28. The van der Waals surface area contributed by atoms with E-state index >= 15 is 0 Å². The molecular formula is C28H31N3O2. The summed E-state index contributed by atoms with van der Waals surface area (Å²) in [6.07, 6.45) is 0.751. The maximum atomic E-state index is 13.8. The Kier molecular flexibility index (Phi) is 5.95. The van der Waals surface area contributed by atoms with Crippen LogP contribution < -0.4 is 14.5 Å². The van der Waals surface area contributed by atoms with Crippen molar-refractivity contribution in [3.05, 3.63) is 90.0 Å². The fourth-order valence-electron chi connectivity index (χ4n) is 5.28. The zero-order valence-corrected chi connectivity index (χ0v) is 19.4.